The summed E-state index contributed by atoms with van der Waals surface area (Å²) in [5.74, 6) is 1.07. The summed E-state index contributed by atoms with van der Waals surface area (Å²) in [5.41, 5.74) is 2.64. The van der Waals surface area contributed by atoms with Gasteiger partial charge in [-0.3, -0.25) is 4.79 Å². The van der Waals surface area contributed by atoms with Gasteiger partial charge in [0.1, 0.15) is 5.82 Å². The number of hydrogen-bond acceptors (Lipinski definition) is 3. The van der Waals surface area contributed by atoms with Gasteiger partial charge in [0.25, 0.3) is 5.91 Å². The Balaban J connectivity index is 3.06. The van der Waals surface area contributed by atoms with Gasteiger partial charge in [0, 0.05) is 22.7 Å². The lowest BCUT2D eigenvalue weighted by Crippen LogP contribution is -2.38. The lowest BCUT2D eigenvalue weighted by molar-refractivity contribution is -0.118. The number of rotatable bonds is 7. The molecule has 1 aliphatic rings. The van der Waals surface area contributed by atoms with Crippen LogP contribution in [0.4, 0.5) is 0 Å². The van der Waals surface area contributed by atoms with E-state index in [2.05, 4.69) is 43.1 Å². The Morgan fingerprint density at radius 3 is 2.09 bits per heavy atom. The zero-order valence-corrected chi connectivity index (χ0v) is 15.1. The van der Waals surface area contributed by atoms with Gasteiger partial charge >= 0.3 is 0 Å². The summed E-state index contributed by atoms with van der Waals surface area (Å²) in [4.78, 5) is 16.8. The molecule has 1 rings (SSSR count). The summed E-state index contributed by atoms with van der Waals surface area (Å²) < 4.78 is 0. The van der Waals surface area contributed by atoms with E-state index in [0.717, 1.165) is 24.0 Å². The van der Waals surface area contributed by atoms with Gasteiger partial charge in [0.05, 0.1) is 0 Å². The van der Waals surface area contributed by atoms with Crippen LogP contribution in [0.3, 0.4) is 0 Å². The molecule has 0 spiro atoms. The molecule has 0 heterocycles. The second kappa shape index (κ2) is 7.12. The number of allylic oxidation sites excluding steroid dienone is 1. The van der Waals surface area contributed by atoms with Crippen molar-refractivity contribution in [3.8, 4) is 0 Å². The monoisotopic (exact) mass is 305 g/mol. The van der Waals surface area contributed by atoms with E-state index < -0.39 is 0 Å². The number of nitrogens with one attached hydrogen (secondary N) is 2. The Bertz CT molecular complexity index is 506. The Morgan fingerprint density at radius 1 is 1.18 bits per heavy atom. The molecule has 4 heteroatoms. The maximum absolute atomic E-state index is 12.6. The SMILES string of the molecule is C=N/C(NC1(C)CC1)=C(\C)C(C(=O)NC(C)C(C)C)=C(C)C. The smallest absolute Gasteiger partial charge is 0.251 e. The Kier molecular flexibility index (Phi) is 5.98. The zero-order chi connectivity index (χ0) is 17.1. The van der Waals surface area contributed by atoms with E-state index in [0.29, 0.717) is 17.3 Å². The van der Waals surface area contributed by atoms with Crippen molar-refractivity contribution >= 4 is 12.6 Å². The predicted octanol–water partition coefficient (Wildman–Crippen LogP) is 3.56. The van der Waals surface area contributed by atoms with Crippen LogP contribution in [0.15, 0.2) is 27.5 Å². The molecule has 4 nitrogen and oxygen atoms in total. The molecule has 0 radical (unpaired) electrons. The summed E-state index contributed by atoms with van der Waals surface area (Å²) in [6.07, 6.45) is 2.25. The molecule has 0 saturated heterocycles. The van der Waals surface area contributed by atoms with Gasteiger partial charge in [0.2, 0.25) is 0 Å². The zero-order valence-electron chi connectivity index (χ0n) is 15.1. The summed E-state index contributed by atoms with van der Waals surface area (Å²) in [6, 6.07) is 0.128. The number of carbonyl (C=O) groups is 1. The highest BCUT2D eigenvalue weighted by molar-refractivity contribution is 5.98. The second-order valence-corrected chi connectivity index (χ2v) is 7.20. The maximum Gasteiger partial charge on any atom is 0.251 e. The second-order valence-electron chi connectivity index (χ2n) is 7.20. The summed E-state index contributed by atoms with van der Waals surface area (Å²) in [5, 5.41) is 6.50. The van der Waals surface area contributed by atoms with Gasteiger partial charge < -0.3 is 10.6 Å². The molecular weight excluding hydrogens is 274 g/mol. The molecule has 1 saturated carbocycles. The van der Waals surface area contributed by atoms with E-state index in [1.165, 1.54) is 0 Å². The van der Waals surface area contributed by atoms with Gasteiger partial charge in [-0.15, -0.1) is 0 Å². The minimum atomic E-state index is -0.0393. The molecule has 1 aliphatic carbocycles. The van der Waals surface area contributed by atoms with Crippen molar-refractivity contribution in [1.29, 1.82) is 0 Å². The number of nitrogens with zero attached hydrogens (tertiary/aromatic N) is 1. The molecule has 124 valence electrons. The van der Waals surface area contributed by atoms with Crippen molar-refractivity contribution in [3.63, 3.8) is 0 Å². The van der Waals surface area contributed by atoms with Crippen LogP contribution in [0, 0.1) is 5.92 Å². The molecule has 2 N–H and O–H groups in total. The molecule has 0 aliphatic heterocycles. The van der Waals surface area contributed by atoms with Crippen molar-refractivity contribution in [1.82, 2.24) is 10.6 Å². The van der Waals surface area contributed by atoms with Gasteiger partial charge in [-0.05, 0) is 60.1 Å². The van der Waals surface area contributed by atoms with E-state index in [9.17, 15) is 4.79 Å². The molecule has 0 aromatic rings. The Labute approximate surface area is 135 Å². The van der Waals surface area contributed by atoms with Crippen LogP contribution in [-0.2, 0) is 4.79 Å². The third kappa shape index (κ3) is 4.72. The molecule has 1 atom stereocenters. The van der Waals surface area contributed by atoms with Gasteiger partial charge in [-0.25, -0.2) is 4.99 Å². The average Bonchev–Trinajstić information content (AvgIpc) is 3.13. The summed E-state index contributed by atoms with van der Waals surface area (Å²) >= 11 is 0. The highest BCUT2D eigenvalue weighted by atomic mass is 16.1. The van der Waals surface area contributed by atoms with E-state index in [1.807, 2.05) is 27.7 Å². The minimum absolute atomic E-state index is 0.0393. The highest BCUT2D eigenvalue weighted by Crippen LogP contribution is 2.36. The molecule has 22 heavy (non-hydrogen) atoms. The fourth-order valence-corrected chi connectivity index (χ4v) is 2.19. The summed E-state index contributed by atoms with van der Waals surface area (Å²) in [6.45, 7) is 17.9. The number of hydrogen-bond donors (Lipinski definition) is 2. The first kappa shape index (κ1) is 18.5. The number of carbonyl (C=O) groups excluding carboxylic acids is 1. The van der Waals surface area contributed by atoms with Crippen LogP contribution in [0.25, 0.3) is 0 Å². The van der Waals surface area contributed by atoms with E-state index in [1.54, 1.807) is 0 Å². The van der Waals surface area contributed by atoms with Crippen molar-refractivity contribution in [3.05, 3.63) is 22.5 Å². The van der Waals surface area contributed by atoms with Crippen LogP contribution in [0.2, 0.25) is 0 Å². The lowest BCUT2D eigenvalue weighted by Gasteiger charge is -2.22. The van der Waals surface area contributed by atoms with Crippen LogP contribution < -0.4 is 10.6 Å². The van der Waals surface area contributed by atoms with Gasteiger partial charge in [-0.2, -0.15) is 0 Å². The van der Waals surface area contributed by atoms with Crippen LogP contribution in [0.1, 0.15) is 61.3 Å². The molecular formula is C18H31N3O. The standard InChI is InChI=1S/C18H31N3O/c1-11(2)14(6)20-17(22)15(12(3)4)13(5)16(19-8)21-18(7)9-10-18/h11,14,21H,8-10H2,1-7H3,(H,20,22)/b16-13-. The molecule has 0 bridgehead atoms. The molecule has 1 unspecified atom stereocenters. The van der Waals surface area contributed by atoms with Crippen LogP contribution >= 0.6 is 0 Å². The third-order valence-corrected chi connectivity index (χ3v) is 4.39. The fraction of sp³-hybridized carbons (Fsp3) is 0.667. The molecule has 0 aromatic heterocycles. The van der Waals surface area contributed by atoms with Crippen LogP contribution in [-0.4, -0.2) is 24.2 Å². The first-order chi connectivity index (χ1) is 10.1. The predicted molar refractivity (Wildman–Crippen MR) is 93.8 cm³/mol. The van der Waals surface area contributed by atoms with E-state index in [4.69, 9.17) is 0 Å². The summed E-state index contributed by atoms with van der Waals surface area (Å²) in [7, 11) is 0. The van der Waals surface area contributed by atoms with Crippen LogP contribution in [0.5, 0.6) is 0 Å². The molecule has 0 aromatic carbocycles. The maximum atomic E-state index is 12.6. The van der Waals surface area contributed by atoms with Crippen molar-refractivity contribution in [2.45, 2.75) is 72.9 Å². The van der Waals surface area contributed by atoms with Crippen molar-refractivity contribution in [2.24, 2.45) is 10.9 Å². The van der Waals surface area contributed by atoms with Crippen molar-refractivity contribution in [2.75, 3.05) is 0 Å². The quantitative estimate of drug-likeness (QED) is 0.429. The van der Waals surface area contributed by atoms with Crippen molar-refractivity contribution < 1.29 is 4.79 Å². The van der Waals surface area contributed by atoms with E-state index >= 15 is 0 Å². The van der Waals surface area contributed by atoms with Gasteiger partial charge in [0.15, 0.2) is 0 Å². The normalized spacial score (nSPS) is 18.2. The average molecular weight is 305 g/mol. The largest absolute Gasteiger partial charge is 0.365 e. The van der Waals surface area contributed by atoms with Gasteiger partial charge in [-0.1, -0.05) is 19.4 Å². The number of amides is 1. The minimum Gasteiger partial charge on any atom is -0.365 e. The first-order valence-corrected chi connectivity index (χ1v) is 8.06. The molecule has 1 fully saturated rings. The number of aliphatic imine (C=N–C) groups is 1. The third-order valence-electron chi connectivity index (χ3n) is 4.39. The molecule has 1 amide bonds. The topological polar surface area (TPSA) is 53.5 Å². The fourth-order valence-electron chi connectivity index (χ4n) is 2.19. The highest BCUT2D eigenvalue weighted by Gasteiger charge is 2.38. The Morgan fingerprint density at radius 2 is 1.73 bits per heavy atom. The lowest BCUT2D eigenvalue weighted by atomic mass is 9.99. The van der Waals surface area contributed by atoms with E-state index in [-0.39, 0.29) is 17.5 Å². The first-order valence-electron chi connectivity index (χ1n) is 8.06. The Hall–Kier alpha value is -1.58.